The van der Waals surface area contributed by atoms with E-state index in [4.69, 9.17) is 4.74 Å². The number of thiazole rings is 1. The summed E-state index contributed by atoms with van der Waals surface area (Å²) in [5.41, 5.74) is 1.94. The molecule has 156 valence electrons. The van der Waals surface area contributed by atoms with E-state index in [9.17, 15) is 23.5 Å². The smallest absolute Gasteiger partial charge is 0.410 e. The van der Waals surface area contributed by atoms with Gasteiger partial charge in [-0.1, -0.05) is 30.3 Å². The van der Waals surface area contributed by atoms with Gasteiger partial charge in [0.1, 0.15) is 11.6 Å². The van der Waals surface area contributed by atoms with Crippen LogP contribution in [0.3, 0.4) is 0 Å². The standard InChI is InChI=1S/C18H21N3O6S2/c22-17(23)15-16(28-12-19-15)21(29(25)26)10-13-6-8-20(9-7-13)18(24)27-11-14-4-2-1-3-5-14/h1-5,12-13H,6-11H2,(H,22,23)(H,25,26)/p-1. The monoisotopic (exact) mass is 438 g/mol. The van der Waals surface area contributed by atoms with E-state index in [1.165, 1.54) is 5.51 Å². The number of hydrogen-bond donors (Lipinski definition) is 1. The van der Waals surface area contributed by atoms with Crippen molar-refractivity contribution in [1.82, 2.24) is 9.88 Å². The van der Waals surface area contributed by atoms with Crippen molar-refractivity contribution in [2.24, 2.45) is 5.92 Å². The van der Waals surface area contributed by atoms with Crippen molar-refractivity contribution >= 4 is 39.7 Å². The molecule has 3 rings (SSSR count). The molecule has 1 fully saturated rings. The zero-order valence-corrected chi connectivity index (χ0v) is 17.1. The number of carboxylic acid groups (broad SMARTS) is 1. The van der Waals surface area contributed by atoms with Crippen molar-refractivity contribution in [2.75, 3.05) is 23.9 Å². The Balaban J connectivity index is 1.52. The molecule has 0 spiro atoms. The molecule has 29 heavy (non-hydrogen) atoms. The number of piperidine rings is 1. The van der Waals surface area contributed by atoms with Gasteiger partial charge in [-0.3, -0.25) is 8.51 Å². The number of carbonyl (C=O) groups excluding carboxylic acids is 1. The summed E-state index contributed by atoms with van der Waals surface area (Å²) in [7, 11) is 0. The van der Waals surface area contributed by atoms with Crippen LogP contribution < -0.4 is 4.31 Å². The third-order valence-corrected chi connectivity index (χ3v) is 6.31. The summed E-state index contributed by atoms with van der Waals surface area (Å²) in [6, 6.07) is 9.39. The van der Waals surface area contributed by atoms with Crippen molar-refractivity contribution in [3.63, 3.8) is 0 Å². The van der Waals surface area contributed by atoms with E-state index in [1.807, 2.05) is 30.3 Å². The zero-order valence-electron chi connectivity index (χ0n) is 15.4. The fourth-order valence-electron chi connectivity index (χ4n) is 3.12. The van der Waals surface area contributed by atoms with Crippen molar-refractivity contribution < 1.29 is 28.2 Å². The molecule has 1 N–H and O–H groups in total. The lowest BCUT2D eigenvalue weighted by atomic mass is 9.97. The number of hydrogen-bond acceptors (Lipinski definition) is 7. The van der Waals surface area contributed by atoms with Crippen LogP contribution in [-0.2, 0) is 22.6 Å². The van der Waals surface area contributed by atoms with Crippen molar-refractivity contribution in [3.8, 4) is 0 Å². The molecule has 1 aliphatic rings. The summed E-state index contributed by atoms with van der Waals surface area (Å²) in [6.07, 6.45) is 0.789. The fourth-order valence-corrected chi connectivity index (χ4v) is 4.69. The molecule has 0 saturated carbocycles. The van der Waals surface area contributed by atoms with Crippen LogP contribution in [0.1, 0.15) is 28.9 Å². The predicted molar refractivity (Wildman–Crippen MR) is 106 cm³/mol. The Morgan fingerprint density at radius 3 is 2.62 bits per heavy atom. The average molecular weight is 439 g/mol. The summed E-state index contributed by atoms with van der Waals surface area (Å²) in [5.74, 6) is -1.28. The van der Waals surface area contributed by atoms with E-state index in [0.717, 1.165) is 21.2 Å². The van der Waals surface area contributed by atoms with E-state index in [2.05, 4.69) is 4.98 Å². The van der Waals surface area contributed by atoms with E-state index in [1.54, 1.807) is 4.90 Å². The molecule has 0 aliphatic carbocycles. The molecular weight excluding hydrogens is 418 g/mol. The molecule has 1 saturated heterocycles. The van der Waals surface area contributed by atoms with Gasteiger partial charge in [0.2, 0.25) is 0 Å². The zero-order chi connectivity index (χ0) is 20.8. The number of likely N-dealkylation sites (tertiary alicyclic amines) is 1. The van der Waals surface area contributed by atoms with Crippen LogP contribution in [0.2, 0.25) is 0 Å². The molecule has 1 atom stereocenters. The first-order chi connectivity index (χ1) is 14.0. The number of carbonyl (C=O) groups is 2. The maximum absolute atomic E-state index is 12.2. The summed E-state index contributed by atoms with van der Waals surface area (Å²) in [5, 5.41) is 9.27. The van der Waals surface area contributed by atoms with Crippen LogP contribution in [-0.4, -0.2) is 55.4 Å². The second kappa shape index (κ2) is 9.81. The van der Waals surface area contributed by atoms with E-state index in [0.29, 0.717) is 25.9 Å². The molecule has 1 unspecified atom stereocenters. The summed E-state index contributed by atoms with van der Waals surface area (Å²) in [4.78, 5) is 28.8. The van der Waals surface area contributed by atoms with Gasteiger partial charge in [0.15, 0.2) is 5.69 Å². The third kappa shape index (κ3) is 5.52. The topological polar surface area (TPSA) is 123 Å². The Labute approximate surface area is 174 Å². The summed E-state index contributed by atoms with van der Waals surface area (Å²) >= 11 is -1.65. The molecule has 0 radical (unpaired) electrons. The van der Waals surface area contributed by atoms with Crippen LogP contribution in [0.15, 0.2) is 35.8 Å². The summed E-state index contributed by atoms with van der Waals surface area (Å²) < 4.78 is 29.7. The number of aromatic nitrogens is 1. The van der Waals surface area contributed by atoms with Crippen LogP contribution in [0, 0.1) is 5.92 Å². The third-order valence-electron chi connectivity index (χ3n) is 4.66. The molecule has 1 amide bonds. The van der Waals surface area contributed by atoms with Crippen molar-refractivity contribution in [2.45, 2.75) is 19.4 Å². The first-order valence-corrected chi connectivity index (χ1v) is 10.9. The van der Waals surface area contributed by atoms with Crippen LogP contribution in [0.4, 0.5) is 9.80 Å². The lowest BCUT2D eigenvalue weighted by Gasteiger charge is -2.35. The largest absolute Gasteiger partial charge is 0.755 e. The van der Waals surface area contributed by atoms with Gasteiger partial charge >= 0.3 is 12.1 Å². The first-order valence-electron chi connectivity index (χ1n) is 8.95. The number of anilines is 1. The number of nitrogens with zero attached hydrogens (tertiary/aromatic N) is 3. The molecule has 11 heteroatoms. The Bertz CT molecular complexity index is 867. The first kappa shape index (κ1) is 21.2. The fraction of sp³-hybridized carbons (Fsp3) is 0.389. The minimum absolute atomic E-state index is 0.00480. The maximum atomic E-state index is 12.2. The van der Waals surface area contributed by atoms with Crippen LogP contribution in [0.25, 0.3) is 0 Å². The Morgan fingerprint density at radius 2 is 2.00 bits per heavy atom. The molecule has 2 aromatic rings. The molecule has 9 nitrogen and oxygen atoms in total. The second-order valence-corrected chi connectivity index (χ2v) is 8.27. The molecule has 1 aliphatic heterocycles. The minimum atomic E-state index is -2.62. The van der Waals surface area contributed by atoms with Crippen LogP contribution in [0.5, 0.6) is 0 Å². The lowest BCUT2D eigenvalue weighted by Crippen LogP contribution is -2.42. The number of rotatable bonds is 7. The van der Waals surface area contributed by atoms with Crippen LogP contribution >= 0.6 is 11.3 Å². The number of aromatic carboxylic acids is 1. The highest BCUT2D eigenvalue weighted by atomic mass is 32.2. The van der Waals surface area contributed by atoms with Crippen molar-refractivity contribution in [1.29, 1.82) is 0 Å². The Kier molecular flexibility index (Phi) is 7.18. The number of benzene rings is 1. The highest BCUT2D eigenvalue weighted by Crippen LogP contribution is 2.29. The van der Waals surface area contributed by atoms with Crippen molar-refractivity contribution in [3.05, 3.63) is 47.1 Å². The minimum Gasteiger partial charge on any atom is -0.755 e. The van der Waals surface area contributed by atoms with Gasteiger partial charge in [0.25, 0.3) is 0 Å². The molecule has 0 bridgehead atoms. The van der Waals surface area contributed by atoms with Gasteiger partial charge in [0, 0.05) is 30.9 Å². The Morgan fingerprint density at radius 1 is 1.31 bits per heavy atom. The van der Waals surface area contributed by atoms with Gasteiger partial charge in [-0.25, -0.2) is 14.6 Å². The predicted octanol–water partition coefficient (Wildman–Crippen LogP) is 2.49. The van der Waals surface area contributed by atoms with E-state index < -0.39 is 23.3 Å². The van der Waals surface area contributed by atoms with Gasteiger partial charge < -0.3 is 19.3 Å². The highest BCUT2D eigenvalue weighted by molar-refractivity contribution is 7.81. The SMILES string of the molecule is O=C(O)c1ncsc1N(CC1CCN(C(=O)OCc2ccccc2)CC1)S(=O)[O-]. The second-order valence-electron chi connectivity index (χ2n) is 6.56. The van der Waals surface area contributed by atoms with Gasteiger partial charge in [-0.15, -0.1) is 11.3 Å². The molecular formula is C18H20N3O6S2-. The van der Waals surface area contributed by atoms with Gasteiger partial charge in [-0.05, 0) is 24.3 Å². The number of amides is 1. The van der Waals surface area contributed by atoms with E-state index >= 15 is 0 Å². The highest BCUT2D eigenvalue weighted by Gasteiger charge is 2.28. The average Bonchev–Trinajstić information content (AvgIpc) is 3.21. The molecule has 2 heterocycles. The van der Waals surface area contributed by atoms with Gasteiger partial charge in [0.05, 0.1) is 5.51 Å². The normalized spacial score (nSPS) is 15.7. The summed E-state index contributed by atoms with van der Waals surface area (Å²) in [6.45, 7) is 1.25. The molecule has 1 aromatic carbocycles. The lowest BCUT2D eigenvalue weighted by molar-refractivity contribution is 0.0691. The quantitative estimate of drug-likeness (QED) is 0.659. The maximum Gasteiger partial charge on any atom is 0.410 e. The number of carboxylic acids is 1. The number of ether oxygens (including phenoxy) is 1. The van der Waals surface area contributed by atoms with Gasteiger partial charge in [-0.2, -0.15) is 0 Å². The Hall–Kier alpha value is -2.50. The van der Waals surface area contributed by atoms with E-state index in [-0.39, 0.29) is 29.8 Å². The molecule has 1 aromatic heterocycles.